The van der Waals surface area contributed by atoms with Gasteiger partial charge in [0.15, 0.2) is 0 Å². The predicted octanol–water partition coefficient (Wildman–Crippen LogP) is 4.74. The standard InChI is InChI=1S/C34H60N4O10/c1-31(2,3)22-34(10,11)48-30(45)38-24(17-19-26(41)46-32(4,5)6)28(43)36-21-15-13-12-14-20-35-27(42)23(16-18-25(39)40)37-29(44)47-33(7,8)9/h12-13,23-24H,14-22H2,1-11H3,(H,35,42)(H,36,43)(H,37,44)(H,38,45)(H,39,40)/t23-,24-/m0/s1. The fourth-order valence-corrected chi connectivity index (χ4v) is 4.69. The molecule has 14 heteroatoms. The van der Waals surface area contributed by atoms with Gasteiger partial charge in [0.1, 0.15) is 28.9 Å². The summed E-state index contributed by atoms with van der Waals surface area (Å²) in [6.07, 6.45) is 3.01. The summed E-state index contributed by atoms with van der Waals surface area (Å²) in [6.45, 7) is 20.4. The van der Waals surface area contributed by atoms with Crippen molar-refractivity contribution >= 4 is 35.9 Å². The average Bonchev–Trinajstić information content (AvgIpc) is 2.86. The summed E-state index contributed by atoms with van der Waals surface area (Å²) in [4.78, 5) is 73.8. The summed E-state index contributed by atoms with van der Waals surface area (Å²) < 4.78 is 16.1. The summed E-state index contributed by atoms with van der Waals surface area (Å²) in [5, 5.41) is 19.4. The second-order valence-electron chi connectivity index (χ2n) is 15.5. The number of carbonyl (C=O) groups excluding carboxylic acids is 5. The lowest BCUT2D eigenvalue weighted by atomic mass is 9.84. The molecule has 0 saturated heterocycles. The van der Waals surface area contributed by atoms with Crippen LogP contribution >= 0.6 is 0 Å². The van der Waals surface area contributed by atoms with Crippen molar-refractivity contribution < 1.29 is 48.1 Å². The summed E-state index contributed by atoms with van der Waals surface area (Å²) >= 11 is 0. The van der Waals surface area contributed by atoms with Crippen molar-refractivity contribution in [2.45, 2.75) is 150 Å². The van der Waals surface area contributed by atoms with E-state index in [1.165, 1.54) is 0 Å². The molecule has 0 bridgehead atoms. The third-order valence-electron chi connectivity index (χ3n) is 6.03. The molecule has 0 fully saturated rings. The first-order chi connectivity index (χ1) is 21.8. The number of hydrogen-bond donors (Lipinski definition) is 5. The predicted molar refractivity (Wildman–Crippen MR) is 181 cm³/mol. The molecule has 5 N–H and O–H groups in total. The Hall–Kier alpha value is -3.84. The van der Waals surface area contributed by atoms with E-state index >= 15 is 0 Å². The summed E-state index contributed by atoms with van der Waals surface area (Å²) in [7, 11) is 0. The van der Waals surface area contributed by atoms with Gasteiger partial charge in [0.05, 0.1) is 0 Å². The molecule has 0 aliphatic carbocycles. The minimum Gasteiger partial charge on any atom is -0.481 e. The summed E-state index contributed by atoms with van der Waals surface area (Å²) in [5.41, 5.74) is -2.35. The minimum absolute atomic E-state index is 0.0152. The van der Waals surface area contributed by atoms with Crippen molar-refractivity contribution in [3.8, 4) is 0 Å². The van der Waals surface area contributed by atoms with Gasteiger partial charge < -0.3 is 40.6 Å². The number of aliphatic carboxylic acids is 1. The number of nitrogens with one attached hydrogen (secondary N) is 4. The second-order valence-corrected chi connectivity index (χ2v) is 15.5. The van der Waals surface area contributed by atoms with Crippen LogP contribution in [0.2, 0.25) is 0 Å². The minimum atomic E-state index is -1.10. The first-order valence-electron chi connectivity index (χ1n) is 16.4. The van der Waals surface area contributed by atoms with Crippen LogP contribution in [-0.2, 0) is 33.4 Å². The van der Waals surface area contributed by atoms with E-state index in [-0.39, 0.29) is 44.2 Å². The highest BCUT2D eigenvalue weighted by atomic mass is 16.6. The molecule has 0 unspecified atom stereocenters. The van der Waals surface area contributed by atoms with Crippen LogP contribution in [0.25, 0.3) is 0 Å². The molecule has 14 nitrogen and oxygen atoms in total. The van der Waals surface area contributed by atoms with Crippen LogP contribution in [0, 0.1) is 5.41 Å². The smallest absolute Gasteiger partial charge is 0.408 e. The molecule has 0 aromatic carbocycles. The summed E-state index contributed by atoms with van der Waals surface area (Å²) in [6, 6.07) is -2.10. The molecule has 0 rings (SSSR count). The highest BCUT2D eigenvalue weighted by Gasteiger charge is 2.31. The third-order valence-corrected chi connectivity index (χ3v) is 6.03. The monoisotopic (exact) mass is 684 g/mol. The normalized spacial score (nSPS) is 13.6. The molecule has 0 aliphatic heterocycles. The Labute approximate surface area is 285 Å². The van der Waals surface area contributed by atoms with E-state index in [0.29, 0.717) is 19.3 Å². The zero-order chi connectivity index (χ0) is 37.3. The third kappa shape index (κ3) is 24.3. The van der Waals surface area contributed by atoms with E-state index < -0.39 is 64.8 Å². The number of rotatable bonds is 18. The number of carboxylic acids is 1. The molecule has 0 spiro atoms. The van der Waals surface area contributed by atoms with Crippen LogP contribution in [0.15, 0.2) is 12.2 Å². The van der Waals surface area contributed by atoms with Gasteiger partial charge in [0.25, 0.3) is 0 Å². The van der Waals surface area contributed by atoms with Gasteiger partial charge in [-0.1, -0.05) is 32.9 Å². The van der Waals surface area contributed by atoms with Gasteiger partial charge in [-0.15, -0.1) is 0 Å². The Balaban J connectivity index is 5.01. The number of carboxylic acid groups (broad SMARTS) is 1. The first-order valence-corrected chi connectivity index (χ1v) is 16.4. The fourth-order valence-electron chi connectivity index (χ4n) is 4.69. The highest BCUT2D eigenvalue weighted by molar-refractivity contribution is 5.87. The number of carbonyl (C=O) groups is 6. The van der Waals surface area contributed by atoms with E-state index in [2.05, 4.69) is 21.3 Å². The molecule has 0 aliphatic rings. The zero-order valence-corrected chi connectivity index (χ0v) is 30.8. The van der Waals surface area contributed by atoms with Crippen LogP contribution in [0.1, 0.15) is 121 Å². The largest absolute Gasteiger partial charge is 0.481 e. The number of ether oxygens (including phenoxy) is 3. The van der Waals surface area contributed by atoms with Crippen molar-refractivity contribution in [2.24, 2.45) is 5.41 Å². The molecule has 2 atom stereocenters. The van der Waals surface area contributed by atoms with Crippen LogP contribution in [0.4, 0.5) is 9.59 Å². The Bertz CT molecular complexity index is 1110. The number of amides is 4. The topological polar surface area (TPSA) is 198 Å². The molecule has 48 heavy (non-hydrogen) atoms. The van der Waals surface area contributed by atoms with E-state index in [9.17, 15) is 28.8 Å². The van der Waals surface area contributed by atoms with Gasteiger partial charge in [-0.2, -0.15) is 0 Å². The molecule has 4 amide bonds. The average molecular weight is 685 g/mol. The molecule has 0 heterocycles. The van der Waals surface area contributed by atoms with E-state index in [1.807, 2.05) is 20.8 Å². The molecule has 0 radical (unpaired) electrons. The maximum atomic E-state index is 13.0. The molecule has 0 saturated carbocycles. The van der Waals surface area contributed by atoms with Crippen molar-refractivity contribution in [2.75, 3.05) is 13.1 Å². The second kappa shape index (κ2) is 19.9. The van der Waals surface area contributed by atoms with Crippen molar-refractivity contribution in [3.05, 3.63) is 12.2 Å². The maximum Gasteiger partial charge on any atom is 0.408 e. The molecular weight excluding hydrogens is 624 g/mol. The number of alkyl carbamates (subject to hydrolysis) is 2. The van der Waals surface area contributed by atoms with Crippen molar-refractivity contribution in [3.63, 3.8) is 0 Å². The van der Waals surface area contributed by atoms with Crippen LogP contribution in [-0.4, -0.2) is 83.0 Å². The molecule has 0 aromatic rings. The number of hydrogen-bond acceptors (Lipinski definition) is 9. The van der Waals surface area contributed by atoms with E-state index in [0.717, 1.165) is 0 Å². The summed E-state index contributed by atoms with van der Waals surface area (Å²) in [5.74, 6) is -2.60. The first kappa shape index (κ1) is 44.2. The highest BCUT2D eigenvalue weighted by Crippen LogP contribution is 2.29. The Kier molecular flexibility index (Phi) is 18.3. The molecular formula is C34H60N4O10. The van der Waals surface area contributed by atoms with E-state index in [4.69, 9.17) is 19.3 Å². The van der Waals surface area contributed by atoms with E-state index in [1.54, 1.807) is 67.5 Å². The van der Waals surface area contributed by atoms with Crippen molar-refractivity contribution in [1.82, 2.24) is 21.3 Å². The van der Waals surface area contributed by atoms with Gasteiger partial charge in [-0.25, -0.2) is 9.59 Å². The maximum absolute atomic E-state index is 13.0. The number of esters is 1. The van der Waals surface area contributed by atoms with Crippen LogP contribution in [0.5, 0.6) is 0 Å². The Morgan fingerprint density at radius 3 is 1.44 bits per heavy atom. The van der Waals surface area contributed by atoms with Gasteiger partial charge in [-0.3, -0.25) is 19.2 Å². The fraction of sp³-hybridized carbons (Fsp3) is 0.765. The van der Waals surface area contributed by atoms with Gasteiger partial charge >= 0.3 is 24.1 Å². The molecule has 0 aromatic heterocycles. The Morgan fingerprint density at radius 2 is 1.04 bits per heavy atom. The SMILES string of the molecule is CC(C)(C)CC(C)(C)OC(=O)N[C@@H](CCC(=O)OC(C)(C)C)C(=O)NCCC=CCCNC(=O)[C@H](CCC(=O)O)NC(=O)OC(C)(C)C. The Morgan fingerprint density at radius 1 is 0.625 bits per heavy atom. The lowest BCUT2D eigenvalue weighted by molar-refractivity contribution is -0.155. The van der Waals surface area contributed by atoms with Crippen LogP contribution in [0.3, 0.4) is 0 Å². The lowest BCUT2D eigenvalue weighted by Gasteiger charge is -2.32. The molecule has 276 valence electrons. The van der Waals surface area contributed by atoms with Gasteiger partial charge in [0.2, 0.25) is 11.8 Å². The van der Waals surface area contributed by atoms with Gasteiger partial charge in [0, 0.05) is 25.9 Å². The van der Waals surface area contributed by atoms with Crippen LogP contribution < -0.4 is 21.3 Å². The quantitative estimate of drug-likeness (QED) is 0.0581. The van der Waals surface area contributed by atoms with Gasteiger partial charge in [-0.05, 0) is 92.9 Å². The lowest BCUT2D eigenvalue weighted by Crippen LogP contribution is -2.49. The van der Waals surface area contributed by atoms with Crippen molar-refractivity contribution in [1.29, 1.82) is 0 Å². The zero-order valence-electron chi connectivity index (χ0n) is 30.8.